The maximum absolute atomic E-state index is 2.58. The smallest absolute Gasteiger partial charge is 0.0729 e. The van der Waals surface area contributed by atoms with E-state index in [1.54, 1.807) is 10.6 Å². The molecule has 1 heterocycles. The van der Waals surface area contributed by atoms with Crippen LogP contribution in [-0.4, -0.2) is 5.88 Å². The van der Waals surface area contributed by atoms with Gasteiger partial charge in [-0.3, -0.25) is 0 Å². The summed E-state index contributed by atoms with van der Waals surface area (Å²) in [5.74, 6) is 1.08. The molecular formula is C20H21NS. The first kappa shape index (κ1) is 14.0. The van der Waals surface area contributed by atoms with Gasteiger partial charge in [0.1, 0.15) is 0 Å². The third kappa shape index (κ3) is 2.36. The van der Waals surface area contributed by atoms with E-state index in [1.165, 1.54) is 48.1 Å². The number of aryl methyl sites for hydroxylation is 1. The zero-order valence-corrected chi connectivity index (χ0v) is 13.8. The van der Waals surface area contributed by atoms with Gasteiger partial charge in [-0.1, -0.05) is 48.5 Å². The molecule has 2 heteroatoms. The Bertz CT molecular complexity index is 718. The van der Waals surface area contributed by atoms with Crippen molar-refractivity contribution in [1.29, 1.82) is 0 Å². The quantitative estimate of drug-likeness (QED) is 0.673. The number of benzene rings is 2. The van der Waals surface area contributed by atoms with Gasteiger partial charge in [0.25, 0.3) is 0 Å². The summed E-state index contributed by atoms with van der Waals surface area (Å²) in [5.41, 5.74) is 7.05. The van der Waals surface area contributed by atoms with E-state index in [9.17, 15) is 0 Å². The highest BCUT2D eigenvalue weighted by atomic mass is 32.2. The summed E-state index contributed by atoms with van der Waals surface area (Å²) in [4.78, 5) is 4.21. The second-order valence-corrected chi connectivity index (χ2v) is 7.16. The largest absolute Gasteiger partial charge is 0.334 e. The van der Waals surface area contributed by atoms with Gasteiger partial charge in [-0.15, -0.1) is 11.8 Å². The third-order valence-corrected chi connectivity index (χ3v) is 5.85. The fourth-order valence-electron chi connectivity index (χ4n) is 3.59. The van der Waals surface area contributed by atoms with Gasteiger partial charge in [-0.2, -0.15) is 0 Å². The van der Waals surface area contributed by atoms with E-state index in [2.05, 4.69) is 60.4 Å². The first-order chi connectivity index (χ1) is 10.8. The Morgan fingerprint density at radius 3 is 2.59 bits per heavy atom. The van der Waals surface area contributed by atoms with Gasteiger partial charge in [0.2, 0.25) is 0 Å². The minimum Gasteiger partial charge on any atom is -0.334 e. The summed E-state index contributed by atoms with van der Waals surface area (Å²) in [7, 11) is 0. The molecule has 1 aliphatic carbocycles. The van der Waals surface area contributed by atoms with Crippen molar-refractivity contribution in [3.05, 3.63) is 64.7 Å². The maximum atomic E-state index is 2.58. The van der Waals surface area contributed by atoms with Crippen LogP contribution in [0.2, 0.25) is 0 Å². The zero-order valence-electron chi connectivity index (χ0n) is 13.0. The van der Waals surface area contributed by atoms with Gasteiger partial charge < -0.3 is 4.90 Å². The van der Waals surface area contributed by atoms with Crippen molar-refractivity contribution in [1.82, 2.24) is 0 Å². The summed E-state index contributed by atoms with van der Waals surface area (Å²) in [6.45, 7) is 2.24. The normalized spacial score (nSPS) is 17.8. The van der Waals surface area contributed by atoms with E-state index in [0.29, 0.717) is 0 Å². The van der Waals surface area contributed by atoms with Crippen molar-refractivity contribution in [2.45, 2.75) is 32.6 Å². The predicted molar refractivity (Wildman–Crippen MR) is 97.0 cm³/mol. The molecule has 0 fully saturated rings. The second-order valence-electron chi connectivity index (χ2n) is 6.12. The number of anilines is 1. The van der Waals surface area contributed by atoms with Crippen molar-refractivity contribution in [2.24, 2.45) is 0 Å². The van der Waals surface area contributed by atoms with Crippen LogP contribution >= 0.6 is 11.8 Å². The molecule has 0 aromatic heterocycles. The minimum absolute atomic E-state index is 1.08. The van der Waals surface area contributed by atoms with E-state index in [-0.39, 0.29) is 0 Å². The molecule has 0 radical (unpaired) electrons. The molecule has 1 aliphatic heterocycles. The summed E-state index contributed by atoms with van der Waals surface area (Å²) in [6.07, 6.45) is 5.22. The monoisotopic (exact) mass is 307 g/mol. The Balaban J connectivity index is 1.84. The lowest BCUT2D eigenvalue weighted by Crippen LogP contribution is -2.20. The lowest BCUT2D eigenvalue weighted by Gasteiger charge is -2.28. The number of rotatable bonds is 2. The summed E-state index contributed by atoms with van der Waals surface area (Å²) in [5, 5.41) is 0. The van der Waals surface area contributed by atoms with E-state index in [1.807, 2.05) is 11.8 Å². The number of allylic oxidation sites excluding steroid dienone is 2. The molecule has 2 aromatic carbocycles. The zero-order chi connectivity index (χ0) is 14.9. The highest BCUT2D eigenvalue weighted by Gasteiger charge is 2.28. The SMILES string of the molecule is Cc1cccc(-c2ccccc2)c1N1CSC2=C1CCCC2. The van der Waals surface area contributed by atoms with Gasteiger partial charge in [-0.05, 0) is 43.7 Å². The molecule has 22 heavy (non-hydrogen) atoms. The molecule has 0 saturated heterocycles. The van der Waals surface area contributed by atoms with E-state index >= 15 is 0 Å². The van der Waals surface area contributed by atoms with Gasteiger partial charge in [0.05, 0.1) is 11.6 Å². The van der Waals surface area contributed by atoms with E-state index in [4.69, 9.17) is 0 Å². The first-order valence-electron chi connectivity index (χ1n) is 8.12. The molecule has 0 unspecified atom stereocenters. The van der Waals surface area contributed by atoms with Crippen LogP contribution in [0.25, 0.3) is 11.1 Å². The number of para-hydroxylation sites is 1. The van der Waals surface area contributed by atoms with Crippen LogP contribution in [0.4, 0.5) is 5.69 Å². The average molecular weight is 307 g/mol. The molecule has 2 aliphatic rings. The maximum Gasteiger partial charge on any atom is 0.0729 e. The van der Waals surface area contributed by atoms with Crippen LogP contribution in [0.3, 0.4) is 0 Å². The number of nitrogens with zero attached hydrogens (tertiary/aromatic N) is 1. The Kier molecular flexibility index (Phi) is 3.71. The molecule has 112 valence electrons. The first-order valence-corrected chi connectivity index (χ1v) is 9.10. The van der Waals surface area contributed by atoms with Crippen molar-refractivity contribution in [3.63, 3.8) is 0 Å². The summed E-state index contributed by atoms with van der Waals surface area (Å²) >= 11 is 2.05. The molecule has 4 rings (SSSR count). The van der Waals surface area contributed by atoms with Crippen LogP contribution < -0.4 is 4.90 Å². The molecule has 0 atom stereocenters. The van der Waals surface area contributed by atoms with Gasteiger partial charge in [-0.25, -0.2) is 0 Å². The molecule has 2 aromatic rings. The minimum atomic E-state index is 1.08. The van der Waals surface area contributed by atoms with Crippen LogP contribution in [0.15, 0.2) is 59.1 Å². The molecule has 0 amide bonds. The Labute approximate surface area is 137 Å². The second kappa shape index (κ2) is 5.85. The Hall–Kier alpha value is -1.67. The van der Waals surface area contributed by atoms with E-state index < -0.39 is 0 Å². The molecule has 0 saturated carbocycles. The van der Waals surface area contributed by atoms with Crippen LogP contribution in [0.1, 0.15) is 31.2 Å². The number of hydrogen-bond acceptors (Lipinski definition) is 2. The van der Waals surface area contributed by atoms with Crippen LogP contribution in [-0.2, 0) is 0 Å². The molecule has 0 N–H and O–H groups in total. The topological polar surface area (TPSA) is 3.24 Å². The Morgan fingerprint density at radius 1 is 0.909 bits per heavy atom. The summed E-state index contributed by atoms with van der Waals surface area (Å²) in [6, 6.07) is 17.5. The van der Waals surface area contributed by atoms with Crippen LogP contribution in [0, 0.1) is 6.92 Å². The number of hydrogen-bond donors (Lipinski definition) is 0. The highest BCUT2D eigenvalue weighted by Crippen LogP contribution is 2.46. The predicted octanol–water partition coefficient (Wildman–Crippen LogP) is 5.96. The van der Waals surface area contributed by atoms with Crippen molar-refractivity contribution in [3.8, 4) is 11.1 Å². The molecular weight excluding hydrogens is 286 g/mol. The standard InChI is InChI=1S/C20H21NS/c1-15-8-7-11-17(16-9-3-2-4-10-16)20(15)21-14-22-19-13-6-5-12-18(19)21/h2-4,7-11H,5-6,12-14H2,1H3. The summed E-state index contributed by atoms with van der Waals surface area (Å²) < 4.78 is 0. The molecule has 0 spiro atoms. The fraction of sp³-hybridized carbons (Fsp3) is 0.300. The lowest BCUT2D eigenvalue weighted by molar-refractivity contribution is 0.684. The third-order valence-electron chi connectivity index (χ3n) is 4.68. The van der Waals surface area contributed by atoms with Crippen LogP contribution in [0.5, 0.6) is 0 Å². The highest BCUT2D eigenvalue weighted by molar-refractivity contribution is 8.03. The van der Waals surface area contributed by atoms with Gasteiger partial charge in [0.15, 0.2) is 0 Å². The molecule has 0 bridgehead atoms. The lowest BCUT2D eigenvalue weighted by atomic mass is 9.97. The Morgan fingerprint density at radius 2 is 1.73 bits per heavy atom. The van der Waals surface area contributed by atoms with Crippen molar-refractivity contribution in [2.75, 3.05) is 10.8 Å². The van der Waals surface area contributed by atoms with E-state index in [0.717, 1.165) is 5.88 Å². The van der Waals surface area contributed by atoms with Gasteiger partial charge in [0, 0.05) is 16.2 Å². The van der Waals surface area contributed by atoms with Gasteiger partial charge >= 0.3 is 0 Å². The average Bonchev–Trinajstić information content (AvgIpc) is 2.99. The van der Waals surface area contributed by atoms with Crippen molar-refractivity contribution < 1.29 is 0 Å². The number of thioether (sulfide) groups is 1. The van der Waals surface area contributed by atoms with Crippen molar-refractivity contribution >= 4 is 17.4 Å². The fourth-order valence-corrected chi connectivity index (χ4v) is 4.83. The molecule has 1 nitrogen and oxygen atoms in total.